The van der Waals surface area contributed by atoms with E-state index in [4.69, 9.17) is 0 Å². The Kier molecular flexibility index (Phi) is 18.0. The number of hydrogen-bond acceptors (Lipinski definition) is 17. The third-order valence-electron chi connectivity index (χ3n) is 5.48. The van der Waals surface area contributed by atoms with Gasteiger partial charge >= 0.3 is 43.9 Å². The first-order valence-electron chi connectivity index (χ1n) is 14.3. The number of aromatic amines is 5. The van der Waals surface area contributed by atoms with Gasteiger partial charge in [-0.15, -0.1) is 0 Å². The van der Waals surface area contributed by atoms with Gasteiger partial charge in [0.15, 0.2) is 0 Å². The van der Waals surface area contributed by atoms with Crippen LogP contribution in [0.2, 0.25) is 0 Å². The zero-order valence-electron chi connectivity index (χ0n) is 29.5. The second-order valence-electron chi connectivity index (χ2n) is 10.1. The predicted molar refractivity (Wildman–Crippen MR) is 185 cm³/mol. The smallest absolute Gasteiger partial charge is 0.416 e. The van der Waals surface area contributed by atoms with Crippen LogP contribution in [-0.4, -0.2) is 121 Å². The minimum atomic E-state index is -3.44. The van der Waals surface area contributed by atoms with Crippen molar-refractivity contribution in [1.82, 2.24) is 77.9 Å². The Labute approximate surface area is 305 Å². The van der Waals surface area contributed by atoms with Crippen molar-refractivity contribution in [3.63, 3.8) is 0 Å². The first-order chi connectivity index (χ1) is 25.1. The fraction of sp³-hybridized carbons (Fsp3) is 0.375. The number of likely N-dealkylation sites (N-methyl/N-ethyl adjacent to an activating group) is 2. The summed E-state index contributed by atoms with van der Waals surface area (Å²) in [6, 6.07) is -0.310. The lowest BCUT2D eigenvalue weighted by Crippen LogP contribution is -2.29. The highest BCUT2D eigenvalue weighted by Gasteiger charge is 2.29. The molecular weight excluding hydrogens is 768 g/mol. The van der Waals surface area contributed by atoms with E-state index < -0.39 is 33.1 Å². The molecule has 28 nitrogen and oxygen atoms in total. The highest BCUT2D eigenvalue weighted by Crippen LogP contribution is 1.99. The molecule has 296 valence electrons. The van der Waals surface area contributed by atoms with E-state index in [2.05, 4.69) is 49.5 Å². The van der Waals surface area contributed by atoms with Gasteiger partial charge in [0.2, 0.25) is 11.8 Å². The van der Waals surface area contributed by atoms with Crippen LogP contribution in [0.15, 0.2) is 58.3 Å². The Bertz CT molecular complexity index is 2330. The van der Waals surface area contributed by atoms with Crippen LogP contribution in [0.1, 0.15) is 11.5 Å². The van der Waals surface area contributed by atoms with Crippen LogP contribution in [0.5, 0.6) is 0 Å². The fourth-order valence-electron chi connectivity index (χ4n) is 2.78. The summed E-state index contributed by atoms with van der Waals surface area (Å²) in [5.41, 5.74) is -0.578. The van der Waals surface area contributed by atoms with E-state index in [-0.39, 0.29) is 41.3 Å². The molecule has 7 N–H and O–H groups in total. The molecule has 0 aliphatic carbocycles. The number of aromatic nitrogens is 12. The van der Waals surface area contributed by atoms with Crippen molar-refractivity contribution in [3.05, 3.63) is 98.7 Å². The highest BCUT2D eigenvalue weighted by atomic mass is 32.2. The molecule has 0 saturated carbocycles. The summed E-state index contributed by atoms with van der Waals surface area (Å²) in [5, 5.41) is 14.8. The van der Waals surface area contributed by atoms with Crippen molar-refractivity contribution in [3.8, 4) is 0 Å². The zero-order chi connectivity index (χ0) is 41.2. The second-order valence-corrected chi connectivity index (χ2v) is 12.6. The number of amides is 4. The molecule has 0 radical (unpaired) electrons. The summed E-state index contributed by atoms with van der Waals surface area (Å²) in [6.45, 7) is 3.63. The minimum absolute atomic E-state index is 0.0671. The first-order valence-corrected chi connectivity index (χ1v) is 16.6. The summed E-state index contributed by atoms with van der Waals surface area (Å²) in [5.74, 6) is -0.400. The van der Waals surface area contributed by atoms with Gasteiger partial charge in [0, 0.05) is 46.8 Å². The molecule has 0 unspecified atom stereocenters. The molecule has 30 heteroatoms. The van der Waals surface area contributed by atoms with E-state index in [1.54, 1.807) is 39.7 Å². The number of urea groups is 1. The molecule has 7 heterocycles. The Morgan fingerprint density at radius 1 is 0.796 bits per heavy atom. The molecule has 7 rings (SSSR count). The lowest BCUT2D eigenvalue weighted by Gasteiger charge is -2.00. The largest absolute Gasteiger partial charge is 0.416 e. The predicted octanol–water partition coefficient (Wildman–Crippen LogP) is -5.44. The molecule has 0 atom stereocenters. The maximum atomic E-state index is 10.6. The molecule has 2 aliphatic rings. The number of carbonyl (C=O) groups is 3. The van der Waals surface area contributed by atoms with Gasteiger partial charge in [0.1, 0.15) is 37.5 Å². The third kappa shape index (κ3) is 17.4. The van der Waals surface area contributed by atoms with Crippen LogP contribution in [0.4, 0.5) is 4.79 Å². The van der Waals surface area contributed by atoms with Gasteiger partial charge < -0.3 is 9.32 Å². The number of oxazole rings is 1. The van der Waals surface area contributed by atoms with Gasteiger partial charge in [-0.25, -0.2) is 43.2 Å². The first kappa shape index (κ1) is 45.2. The average Bonchev–Trinajstić information content (AvgIpc) is 3.93. The summed E-state index contributed by atoms with van der Waals surface area (Å²) in [7, 11) is 4.14. The van der Waals surface area contributed by atoms with E-state index in [0.29, 0.717) is 5.82 Å². The molecule has 0 aromatic carbocycles. The molecule has 4 amide bonds. The quantitative estimate of drug-likeness (QED) is 0.0718. The number of carbonyl (C=O) groups excluding carboxylic acids is 3. The van der Waals surface area contributed by atoms with Gasteiger partial charge in [-0.3, -0.25) is 49.0 Å². The van der Waals surface area contributed by atoms with Crippen molar-refractivity contribution in [2.75, 3.05) is 27.2 Å². The molecule has 54 heavy (non-hydrogen) atoms. The standard InChI is InChI=1S/C4H5N3O2.C4H6N2O2.C4H5NO2.2C3H5N3O.C3H6N2O3S.C3H4N2OS/c1-7-4(9)6-3(8)2-5-7;1-6-2-3(7)5-4(6)8;1-3-2-7-4(6)5-3;1-6-2-4-5-3(6)7;1-6-3(7)4-2-5-6;1-5-2-3(6)4-9(5,7)8;1-2-4-3(6)7-5-2/h2H,1H3,(H,6,8,9);2H2,1H3,(H,5,7,8);2H,1H3,(H,5,6);2H,1H3,(H,5,7);2H,1H3,(H,4,5,7);2H2,1H3,(H,4,6);1H3,(H,4,5,6). The molecule has 2 fully saturated rings. The third-order valence-corrected chi connectivity index (χ3v) is 7.55. The van der Waals surface area contributed by atoms with E-state index in [1.807, 2.05) is 4.98 Å². The molecule has 2 saturated heterocycles. The van der Waals surface area contributed by atoms with Crippen molar-refractivity contribution >= 4 is 39.6 Å². The van der Waals surface area contributed by atoms with Gasteiger partial charge in [-0.2, -0.15) is 32.4 Å². The summed E-state index contributed by atoms with van der Waals surface area (Å²) in [4.78, 5) is 103. The second kappa shape index (κ2) is 21.5. The van der Waals surface area contributed by atoms with E-state index in [0.717, 1.165) is 32.4 Å². The van der Waals surface area contributed by atoms with Crippen LogP contribution in [0.3, 0.4) is 0 Å². The molecular formula is C24H36N16O12S2. The highest BCUT2D eigenvalue weighted by molar-refractivity contribution is 7.88. The van der Waals surface area contributed by atoms with Crippen molar-refractivity contribution < 1.29 is 27.2 Å². The van der Waals surface area contributed by atoms with E-state index >= 15 is 0 Å². The summed E-state index contributed by atoms with van der Waals surface area (Å²) < 4.78 is 35.6. The van der Waals surface area contributed by atoms with Gasteiger partial charge in [-0.1, -0.05) is 0 Å². The SMILES string of the molecule is CN1CC(=O)NC1=O.CN1CC(=O)NS1(=O)=O.Cc1coc(=O)[nH]1.Cc1nsc(=O)[nH]1.Cn1cn[nH]c1=O.Cn1nc[nH]c1=O.Cn1ncc(=O)[nH]c1=O. The van der Waals surface area contributed by atoms with Gasteiger partial charge in [0.05, 0.1) is 12.2 Å². The average molecular weight is 805 g/mol. The van der Waals surface area contributed by atoms with E-state index in [1.165, 1.54) is 47.2 Å². The monoisotopic (exact) mass is 804 g/mol. The van der Waals surface area contributed by atoms with Crippen LogP contribution in [0.25, 0.3) is 0 Å². The zero-order valence-corrected chi connectivity index (χ0v) is 31.1. The topological polar surface area (TPSA) is 377 Å². The van der Waals surface area contributed by atoms with Crippen molar-refractivity contribution in [1.29, 1.82) is 0 Å². The fourth-order valence-corrected chi connectivity index (χ4v) is 4.03. The summed E-state index contributed by atoms with van der Waals surface area (Å²) >= 11 is 0.943. The normalized spacial score (nSPS) is 13.6. The number of nitrogens with zero attached hydrogens (tertiary/aromatic N) is 9. The molecule has 2 aliphatic heterocycles. The Morgan fingerprint density at radius 3 is 1.63 bits per heavy atom. The van der Waals surface area contributed by atoms with Crippen molar-refractivity contribution in [2.24, 2.45) is 21.1 Å². The van der Waals surface area contributed by atoms with Gasteiger partial charge in [-0.05, 0) is 13.8 Å². The number of H-pyrrole nitrogens is 5. The van der Waals surface area contributed by atoms with Gasteiger partial charge in [0.25, 0.3) is 5.56 Å². The summed E-state index contributed by atoms with van der Waals surface area (Å²) in [6.07, 6.45) is 5.19. The van der Waals surface area contributed by atoms with E-state index in [9.17, 15) is 51.6 Å². The molecule has 0 bridgehead atoms. The maximum Gasteiger partial charge on any atom is 0.416 e. The number of nitrogens with one attached hydrogen (secondary N) is 7. The van der Waals surface area contributed by atoms with Crippen LogP contribution >= 0.6 is 11.5 Å². The molecule has 5 aromatic heterocycles. The lowest BCUT2D eigenvalue weighted by atomic mass is 10.6. The number of aryl methyl sites for hydroxylation is 5. The number of rotatable bonds is 0. The Hall–Kier alpha value is -6.82. The van der Waals surface area contributed by atoms with Crippen LogP contribution in [0, 0.1) is 13.8 Å². The van der Waals surface area contributed by atoms with Crippen LogP contribution in [-0.2, 0) is 40.9 Å². The minimum Gasteiger partial charge on any atom is -0.416 e. The maximum absolute atomic E-state index is 10.6. The van der Waals surface area contributed by atoms with Crippen molar-refractivity contribution in [2.45, 2.75) is 13.8 Å². The molecule has 0 spiro atoms. The number of imide groups is 1. The number of hydrogen-bond donors (Lipinski definition) is 7. The lowest BCUT2D eigenvalue weighted by molar-refractivity contribution is -0.119. The molecule has 5 aromatic rings. The Balaban J connectivity index is 0.000000316. The van der Waals surface area contributed by atoms with Crippen LogP contribution < -0.4 is 43.3 Å². The Morgan fingerprint density at radius 2 is 1.44 bits per heavy atom.